The summed E-state index contributed by atoms with van der Waals surface area (Å²) in [4.78, 5) is 0. The SMILES string of the molecule is O=S1(=O)Nc2ccccc2N1c1c(F)cc(F)cc1F. The van der Waals surface area contributed by atoms with Gasteiger partial charge >= 0.3 is 10.2 Å². The van der Waals surface area contributed by atoms with Gasteiger partial charge in [0.05, 0.1) is 11.4 Å². The molecule has 0 aromatic heterocycles. The van der Waals surface area contributed by atoms with Crippen LogP contribution in [0.25, 0.3) is 0 Å². The van der Waals surface area contributed by atoms with E-state index in [4.69, 9.17) is 0 Å². The van der Waals surface area contributed by atoms with Gasteiger partial charge in [-0.1, -0.05) is 12.1 Å². The van der Waals surface area contributed by atoms with Crippen LogP contribution in [0.2, 0.25) is 0 Å². The molecular weight excluding hydrogens is 293 g/mol. The van der Waals surface area contributed by atoms with Gasteiger partial charge in [0.25, 0.3) is 0 Å². The maximum atomic E-state index is 13.8. The number of hydrogen-bond donors (Lipinski definition) is 1. The van der Waals surface area contributed by atoms with Crippen molar-refractivity contribution in [2.24, 2.45) is 0 Å². The Morgan fingerprint density at radius 2 is 1.60 bits per heavy atom. The molecular formula is C12H7F3N2O2S. The predicted molar refractivity (Wildman–Crippen MR) is 67.4 cm³/mol. The van der Waals surface area contributed by atoms with Gasteiger partial charge in [0.2, 0.25) is 0 Å². The second-order valence-corrected chi connectivity index (χ2v) is 5.63. The maximum absolute atomic E-state index is 13.8. The fourth-order valence-electron chi connectivity index (χ4n) is 2.02. The number of nitrogens with one attached hydrogen (secondary N) is 1. The molecule has 8 heteroatoms. The van der Waals surface area contributed by atoms with E-state index in [1.54, 1.807) is 6.07 Å². The zero-order valence-corrected chi connectivity index (χ0v) is 10.6. The van der Waals surface area contributed by atoms with E-state index in [2.05, 4.69) is 4.72 Å². The molecule has 0 amide bonds. The molecule has 0 saturated carbocycles. The number of hydrogen-bond acceptors (Lipinski definition) is 2. The van der Waals surface area contributed by atoms with Crippen LogP contribution in [-0.2, 0) is 10.2 Å². The van der Waals surface area contributed by atoms with Crippen molar-refractivity contribution >= 4 is 27.3 Å². The Balaban J connectivity index is 2.29. The van der Waals surface area contributed by atoms with Crippen LogP contribution in [0.15, 0.2) is 36.4 Å². The van der Waals surface area contributed by atoms with Crippen LogP contribution in [0.3, 0.4) is 0 Å². The average molecular weight is 300 g/mol. The summed E-state index contributed by atoms with van der Waals surface area (Å²) in [5.74, 6) is -3.73. The third kappa shape index (κ3) is 1.80. The molecule has 1 heterocycles. The quantitative estimate of drug-likeness (QED) is 0.880. The molecule has 1 aliphatic heterocycles. The highest BCUT2D eigenvalue weighted by Crippen LogP contribution is 2.42. The topological polar surface area (TPSA) is 49.4 Å². The largest absolute Gasteiger partial charge is 0.328 e. The standard InChI is InChI=1S/C12H7F3N2O2S/c13-7-5-8(14)12(9(15)6-7)17-11-4-2-1-3-10(11)16-20(17,18)19/h1-6,16H. The number of rotatable bonds is 1. The van der Waals surface area contributed by atoms with E-state index in [9.17, 15) is 21.6 Å². The number of para-hydroxylation sites is 2. The Labute approximate surface area is 112 Å². The van der Waals surface area contributed by atoms with E-state index in [-0.39, 0.29) is 11.4 Å². The minimum atomic E-state index is -4.18. The van der Waals surface area contributed by atoms with Crippen LogP contribution in [0.5, 0.6) is 0 Å². The first-order valence-corrected chi connectivity index (χ1v) is 6.91. The van der Waals surface area contributed by atoms with Crippen LogP contribution < -0.4 is 9.03 Å². The van der Waals surface area contributed by atoms with Gasteiger partial charge in [-0.05, 0) is 12.1 Å². The minimum Gasteiger partial charge on any atom is -0.264 e. The summed E-state index contributed by atoms with van der Waals surface area (Å²) in [6, 6.07) is 6.78. The van der Waals surface area contributed by atoms with E-state index in [0.29, 0.717) is 16.4 Å². The van der Waals surface area contributed by atoms with Crippen molar-refractivity contribution in [1.29, 1.82) is 0 Å². The van der Waals surface area contributed by atoms with Gasteiger partial charge in [-0.25, -0.2) is 17.5 Å². The molecule has 0 atom stereocenters. The van der Waals surface area contributed by atoms with E-state index >= 15 is 0 Å². The molecule has 104 valence electrons. The Morgan fingerprint density at radius 1 is 1.00 bits per heavy atom. The third-order valence-corrected chi connectivity index (χ3v) is 4.12. The van der Waals surface area contributed by atoms with Crippen LogP contribution >= 0.6 is 0 Å². The Morgan fingerprint density at radius 3 is 2.25 bits per heavy atom. The fourth-order valence-corrected chi connectivity index (χ4v) is 3.40. The maximum Gasteiger partial charge on any atom is 0.328 e. The lowest BCUT2D eigenvalue weighted by Gasteiger charge is -2.18. The van der Waals surface area contributed by atoms with Crippen molar-refractivity contribution < 1.29 is 21.6 Å². The summed E-state index contributed by atoms with van der Waals surface area (Å²) < 4.78 is 67.1. The Hall–Kier alpha value is -2.22. The first kappa shape index (κ1) is 12.8. The molecule has 0 unspecified atom stereocenters. The summed E-state index contributed by atoms with van der Waals surface area (Å²) in [5.41, 5.74) is -0.587. The van der Waals surface area contributed by atoms with Crippen LogP contribution in [0, 0.1) is 17.5 Å². The highest BCUT2D eigenvalue weighted by Gasteiger charge is 2.37. The number of halogens is 3. The zero-order valence-electron chi connectivity index (χ0n) is 9.77. The molecule has 0 radical (unpaired) electrons. The highest BCUT2D eigenvalue weighted by atomic mass is 32.2. The Bertz CT molecular complexity index is 785. The smallest absolute Gasteiger partial charge is 0.264 e. The summed E-state index contributed by atoms with van der Waals surface area (Å²) in [6.45, 7) is 0. The lowest BCUT2D eigenvalue weighted by atomic mass is 10.2. The molecule has 20 heavy (non-hydrogen) atoms. The van der Waals surface area contributed by atoms with Crippen molar-refractivity contribution in [2.75, 3.05) is 9.03 Å². The summed E-state index contributed by atoms with van der Waals surface area (Å²) in [6.07, 6.45) is 0. The molecule has 2 aromatic carbocycles. The van der Waals surface area contributed by atoms with Crippen LogP contribution in [0.1, 0.15) is 0 Å². The number of benzene rings is 2. The molecule has 0 fully saturated rings. The minimum absolute atomic E-state index is 0.0666. The van der Waals surface area contributed by atoms with Gasteiger partial charge in [0, 0.05) is 12.1 Å². The van der Waals surface area contributed by atoms with Crippen LogP contribution in [-0.4, -0.2) is 8.42 Å². The van der Waals surface area contributed by atoms with Crippen LogP contribution in [0.4, 0.5) is 30.2 Å². The summed E-state index contributed by atoms with van der Waals surface area (Å²) >= 11 is 0. The zero-order chi connectivity index (χ0) is 14.5. The molecule has 0 bridgehead atoms. The van der Waals surface area contributed by atoms with Gasteiger partial charge in [0.15, 0.2) is 11.6 Å². The normalized spacial score (nSPS) is 15.8. The van der Waals surface area contributed by atoms with E-state index in [1.807, 2.05) is 0 Å². The van der Waals surface area contributed by atoms with Gasteiger partial charge in [-0.3, -0.25) is 4.72 Å². The van der Waals surface area contributed by atoms with Crippen molar-refractivity contribution in [3.05, 3.63) is 53.8 Å². The Kier molecular flexibility index (Phi) is 2.65. The van der Waals surface area contributed by atoms with Crippen molar-refractivity contribution in [3.8, 4) is 0 Å². The molecule has 2 aromatic rings. The first-order valence-electron chi connectivity index (χ1n) is 5.47. The molecule has 0 spiro atoms. The van der Waals surface area contributed by atoms with Gasteiger partial charge < -0.3 is 0 Å². The molecule has 0 saturated heterocycles. The molecule has 1 aliphatic rings. The van der Waals surface area contributed by atoms with E-state index in [0.717, 1.165) is 0 Å². The number of anilines is 3. The van der Waals surface area contributed by atoms with Crippen molar-refractivity contribution in [3.63, 3.8) is 0 Å². The van der Waals surface area contributed by atoms with E-state index < -0.39 is 33.3 Å². The van der Waals surface area contributed by atoms with Gasteiger partial charge in [-0.2, -0.15) is 8.42 Å². The predicted octanol–water partition coefficient (Wildman–Crippen LogP) is 2.91. The second-order valence-electron chi connectivity index (χ2n) is 4.11. The fraction of sp³-hybridized carbons (Fsp3) is 0. The summed E-state index contributed by atoms with van der Waals surface area (Å²) in [7, 11) is -4.18. The summed E-state index contributed by atoms with van der Waals surface area (Å²) in [5, 5.41) is 0. The lowest BCUT2D eigenvalue weighted by Crippen LogP contribution is -2.27. The second kappa shape index (κ2) is 4.14. The third-order valence-electron chi connectivity index (χ3n) is 2.79. The van der Waals surface area contributed by atoms with Crippen molar-refractivity contribution in [1.82, 2.24) is 0 Å². The first-order chi connectivity index (χ1) is 9.40. The molecule has 0 aliphatic carbocycles. The molecule has 4 nitrogen and oxygen atoms in total. The van der Waals surface area contributed by atoms with Crippen molar-refractivity contribution in [2.45, 2.75) is 0 Å². The monoisotopic (exact) mass is 300 g/mol. The molecule has 3 rings (SSSR count). The average Bonchev–Trinajstić information content (AvgIpc) is 2.59. The lowest BCUT2D eigenvalue weighted by molar-refractivity contribution is 0.544. The van der Waals surface area contributed by atoms with Gasteiger partial charge in [-0.15, -0.1) is 0 Å². The van der Waals surface area contributed by atoms with Gasteiger partial charge in [0.1, 0.15) is 11.5 Å². The van der Waals surface area contributed by atoms with E-state index in [1.165, 1.54) is 18.2 Å². The molecule has 1 N–H and O–H groups in total. The number of fused-ring (bicyclic) bond motifs is 1. The number of nitrogens with zero attached hydrogens (tertiary/aromatic N) is 1. The highest BCUT2D eigenvalue weighted by molar-refractivity contribution is 7.95.